The van der Waals surface area contributed by atoms with E-state index in [9.17, 15) is 9.59 Å². The zero-order valence-corrected chi connectivity index (χ0v) is 17.0. The van der Waals surface area contributed by atoms with E-state index in [1.165, 1.54) is 5.56 Å². The lowest BCUT2D eigenvalue weighted by molar-refractivity contribution is -0.124. The summed E-state index contributed by atoms with van der Waals surface area (Å²) >= 11 is 0. The first-order chi connectivity index (χ1) is 14.0. The molecular formula is C22H27N5O2. The van der Waals surface area contributed by atoms with Gasteiger partial charge in [0.05, 0.1) is 0 Å². The third-order valence-electron chi connectivity index (χ3n) is 5.80. The number of amides is 3. The quantitative estimate of drug-likeness (QED) is 0.864. The molecule has 0 radical (unpaired) electrons. The standard InChI is InChI=1S/C22H27N5O2/c1-15-18-9-6-10-19(18)25-20(24-15)11-12-23-22(29)26-13-14-27(21(28)16(26)2)17-7-4-3-5-8-17/h3-5,7-8,16H,6,9-14H2,1-2H3,(H,23,29)/t16-/m0/s1. The number of fused-ring (bicyclic) bond motifs is 1. The highest BCUT2D eigenvalue weighted by Crippen LogP contribution is 2.22. The summed E-state index contributed by atoms with van der Waals surface area (Å²) < 4.78 is 0. The lowest BCUT2D eigenvalue weighted by Crippen LogP contribution is -2.59. The highest BCUT2D eigenvalue weighted by Gasteiger charge is 2.34. The maximum Gasteiger partial charge on any atom is 0.318 e. The van der Waals surface area contributed by atoms with Crippen molar-refractivity contribution < 1.29 is 9.59 Å². The van der Waals surface area contributed by atoms with E-state index in [0.29, 0.717) is 26.1 Å². The Morgan fingerprint density at radius 3 is 2.76 bits per heavy atom. The maximum atomic E-state index is 12.8. The number of para-hydroxylation sites is 1. The van der Waals surface area contributed by atoms with Crippen LogP contribution in [0.25, 0.3) is 0 Å². The Morgan fingerprint density at radius 2 is 1.97 bits per heavy atom. The molecule has 2 heterocycles. The van der Waals surface area contributed by atoms with Gasteiger partial charge in [0, 0.05) is 43.1 Å². The van der Waals surface area contributed by atoms with Gasteiger partial charge in [-0.25, -0.2) is 14.8 Å². The second-order valence-corrected chi connectivity index (χ2v) is 7.68. The van der Waals surface area contributed by atoms with E-state index in [0.717, 1.165) is 42.2 Å². The van der Waals surface area contributed by atoms with Crippen LogP contribution < -0.4 is 10.2 Å². The van der Waals surface area contributed by atoms with E-state index in [1.54, 1.807) is 16.7 Å². The van der Waals surface area contributed by atoms with Crippen molar-refractivity contribution in [2.45, 2.75) is 45.6 Å². The van der Waals surface area contributed by atoms with Gasteiger partial charge in [-0.2, -0.15) is 0 Å². The van der Waals surface area contributed by atoms with Crippen LogP contribution in [0.3, 0.4) is 0 Å². The van der Waals surface area contributed by atoms with Crippen LogP contribution in [-0.4, -0.2) is 52.5 Å². The molecule has 1 saturated heterocycles. The highest BCUT2D eigenvalue weighted by atomic mass is 16.2. The van der Waals surface area contributed by atoms with Gasteiger partial charge in [-0.15, -0.1) is 0 Å². The third kappa shape index (κ3) is 3.95. The van der Waals surface area contributed by atoms with Gasteiger partial charge in [-0.05, 0) is 50.8 Å². The number of carbonyl (C=O) groups excluding carboxylic acids is 2. The van der Waals surface area contributed by atoms with Crippen molar-refractivity contribution in [1.82, 2.24) is 20.2 Å². The molecule has 29 heavy (non-hydrogen) atoms. The Kier molecular flexibility index (Phi) is 5.47. The molecule has 1 aromatic carbocycles. The number of aryl methyl sites for hydroxylation is 2. The summed E-state index contributed by atoms with van der Waals surface area (Å²) in [4.78, 5) is 38.0. The molecule has 7 nitrogen and oxygen atoms in total. The summed E-state index contributed by atoms with van der Waals surface area (Å²) in [5, 5.41) is 2.93. The van der Waals surface area contributed by atoms with E-state index in [4.69, 9.17) is 0 Å². The molecule has 7 heteroatoms. The average molecular weight is 393 g/mol. The predicted molar refractivity (Wildman–Crippen MR) is 111 cm³/mol. The largest absolute Gasteiger partial charge is 0.338 e. The second kappa shape index (κ2) is 8.19. The second-order valence-electron chi connectivity index (χ2n) is 7.68. The van der Waals surface area contributed by atoms with Crippen LogP contribution in [-0.2, 0) is 24.1 Å². The summed E-state index contributed by atoms with van der Waals surface area (Å²) in [5.41, 5.74) is 4.38. The number of urea groups is 1. The average Bonchev–Trinajstić information content (AvgIpc) is 3.20. The van der Waals surface area contributed by atoms with Crippen LogP contribution in [0, 0.1) is 6.92 Å². The van der Waals surface area contributed by atoms with E-state index in [-0.39, 0.29) is 11.9 Å². The van der Waals surface area contributed by atoms with Gasteiger partial charge < -0.3 is 15.1 Å². The lowest BCUT2D eigenvalue weighted by atomic mass is 10.1. The van der Waals surface area contributed by atoms with Gasteiger partial charge in [-0.1, -0.05) is 18.2 Å². The Morgan fingerprint density at radius 1 is 1.17 bits per heavy atom. The Bertz CT molecular complexity index is 915. The van der Waals surface area contributed by atoms with Crippen LogP contribution >= 0.6 is 0 Å². The minimum absolute atomic E-state index is 0.0600. The van der Waals surface area contributed by atoms with Gasteiger partial charge in [0.1, 0.15) is 11.9 Å². The molecule has 1 N–H and O–H groups in total. The van der Waals surface area contributed by atoms with Gasteiger partial charge >= 0.3 is 6.03 Å². The van der Waals surface area contributed by atoms with E-state index < -0.39 is 6.04 Å². The van der Waals surface area contributed by atoms with E-state index >= 15 is 0 Å². The molecule has 2 aromatic rings. The summed E-state index contributed by atoms with van der Waals surface area (Å²) in [6.07, 6.45) is 3.82. The number of carbonyl (C=O) groups is 2. The molecule has 1 atom stereocenters. The molecule has 0 spiro atoms. The molecule has 1 aromatic heterocycles. The smallest absolute Gasteiger partial charge is 0.318 e. The molecule has 152 valence electrons. The SMILES string of the molecule is Cc1nc(CCNC(=O)N2CCN(c3ccccc3)C(=O)[C@@H]2C)nc2c1CCC2. The maximum absolute atomic E-state index is 12.8. The van der Waals surface area contributed by atoms with Crippen LogP contribution in [0.4, 0.5) is 10.5 Å². The molecule has 3 amide bonds. The van der Waals surface area contributed by atoms with E-state index in [1.807, 2.05) is 37.3 Å². The summed E-state index contributed by atoms with van der Waals surface area (Å²) in [6, 6.07) is 8.87. The first-order valence-corrected chi connectivity index (χ1v) is 10.3. The first kappa shape index (κ1) is 19.4. The van der Waals surface area contributed by atoms with Crippen molar-refractivity contribution in [3.8, 4) is 0 Å². The van der Waals surface area contributed by atoms with Gasteiger partial charge in [0.25, 0.3) is 0 Å². The summed E-state index contributed by atoms with van der Waals surface area (Å²) in [5.74, 6) is 0.719. The molecule has 0 bridgehead atoms. The minimum Gasteiger partial charge on any atom is -0.338 e. The number of nitrogens with zero attached hydrogens (tertiary/aromatic N) is 4. The van der Waals surface area contributed by atoms with Crippen LogP contribution in [0.5, 0.6) is 0 Å². The number of piperazine rings is 1. The van der Waals surface area contributed by atoms with Crippen LogP contribution in [0.2, 0.25) is 0 Å². The van der Waals surface area contributed by atoms with Crippen molar-refractivity contribution >= 4 is 17.6 Å². The molecule has 1 aliphatic heterocycles. The van der Waals surface area contributed by atoms with Crippen molar-refractivity contribution in [3.05, 3.63) is 53.1 Å². The normalized spacial score (nSPS) is 18.7. The van der Waals surface area contributed by atoms with E-state index in [2.05, 4.69) is 15.3 Å². The molecule has 0 unspecified atom stereocenters. The molecule has 1 aliphatic carbocycles. The van der Waals surface area contributed by atoms with Gasteiger partial charge in [0.15, 0.2) is 0 Å². The Hall–Kier alpha value is -2.96. The molecular weight excluding hydrogens is 366 g/mol. The fourth-order valence-electron chi connectivity index (χ4n) is 4.19. The van der Waals surface area contributed by atoms with Crippen LogP contribution in [0.1, 0.15) is 36.1 Å². The molecule has 2 aliphatic rings. The van der Waals surface area contributed by atoms with Gasteiger partial charge in [0.2, 0.25) is 5.91 Å². The first-order valence-electron chi connectivity index (χ1n) is 10.3. The molecule has 0 saturated carbocycles. The number of nitrogens with one attached hydrogen (secondary N) is 1. The third-order valence-corrected chi connectivity index (χ3v) is 5.80. The lowest BCUT2D eigenvalue weighted by Gasteiger charge is -2.39. The Labute approximate surface area is 171 Å². The van der Waals surface area contributed by atoms with Crippen molar-refractivity contribution in [3.63, 3.8) is 0 Å². The number of rotatable bonds is 4. The predicted octanol–water partition coefficient (Wildman–Crippen LogP) is 2.26. The summed E-state index contributed by atoms with van der Waals surface area (Å²) in [6.45, 7) is 5.27. The molecule has 4 rings (SSSR count). The number of anilines is 1. The fourth-order valence-corrected chi connectivity index (χ4v) is 4.19. The van der Waals surface area contributed by atoms with Crippen LogP contribution in [0.15, 0.2) is 30.3 Å². The number of benzene rings is 1. The van der Waals surface area contributed by atoms with Crippen molar-refractivity contribution in [1.29, 1.82) is 0 Å². The topological polar surface area (TPSA) is 78.4 Å². The summed E-state index contributed by atoms with van der Waals surface area (Å²) in [7, 11) is 0. The zero-order chi connectivity index (χ0) is 20.4. The number of aromatic nitrogens is 2. The highest BCUT2D eigenvalue weighted by molar-refractivity contribution is 5.99. The van der Waals surface area contributed by atoms with Crippen molar-refractivity contribution in [2.75, 3.05) is 24.5 Å². The Balaban J connectivity index is 1.32. The van der Waals surface area contributed by atoms with Gasteiger partial charge in [-0.3, -0.25) is 4.79 Å². The fraction of sp³-hybridized carbons (Fsp3) is 0.455. The van der Waals surface area contributed by atoms with Crippen molar-refractivity contribution in [2.24, 2.45) is 0 Å². The monoisotopic (exact) mass is 393 g/mol. The number of hydrogen-bond donors (Lipinski definition) is 1. The number of hydrogen-bond acceptors (Lipinski definition) is 4. The molecule has 1 fully saturated rings. The minimum atomic E-state index is -0.498. The zero-order valence-electron chi connectivity index (χ0n) is 17.0.